The molecule has 0 aliphatic heterocycles. The number of aromatic nitrogens is 4. The van der Waals surface area contributed by atoms with Crippen molar-refractivity contribution < 1.29 is 18.4 Å². The van der Waals surface area contributed by atoms with E-state index in [1.165, 1.54) is 32.8 Å². The Morgan fingerprint density at radius 1 is 0.646 bits per heavy atom. The van der Waals surface area contributed by atoms with Crippen molar-refractivity contribution in [2.45, 2.75) is 40.5 Å². The van der Waals surface area contributed by atoms with Crippen molar-refractivity contribution in [2.75, 3.05) is 0 Å². The van der Waals surface area contributed by atoms with E-state index >= 15 is 0 Å². The lowest BCUT2D eigenvalue weighted by Crippen LogP contribution is -2.15. The van der Waals surface area contributed by atoms with Gasteiger partial charge in [-0.15, -0.1) is 11.3 Å². The van der Waals surface area contributed by atoms with Crippen molar-refractivity contribution in [3.8, 4) is 0 Å². The second kappa shape index (κ2) is 15.0. The fourth-order valence-electron chi connectivity index (χ4n) is 5.23. The Morgan fingerprint density at radius 2 is 1.12 bits per heavy atom. The topological polar surface area (TPSA) is 69.8 Å². The first-order valence-electron chi connectivity index (χ1n) is 14.7. The largest absolute Gasteiger partial charge is 0.288 e. The summed E-state index contributed by atoms with van der Waals surface area (Å²) >= 11 is 19.4. The molecule has 0 fully saturated rings. The van der Waals surface area contributed by atoms with Crippen molar-refractivity contribution in [1.29, 1.82) is 0 Å². The fraction of sp³-hybridized carbons (Fsp3) is 0.167. The molecule has 0 spiro atoms. The summed E-state index contributed by atoms with van der Waals surface area (Å²) in [6, 6.07) is 19.4. The van der Waals surface area contributed by atoms with Crippen LogP contribution in [0.2, 0.25) is 15.1 Å². The Morgan fingerprint density at radius 3 is 1.56 bits per heavy atom. The van der Waals surface area contributed by atoms with Crippen LogP contribution in [0.15, 0.2) is 78.2 Å². The molecule has 3 aromatic heterocycles. The minimum absolute atomic E-state index is 0.175. The summed E-state index contributed by atoms with van der Waals surface area (Å²) in [7, 11) is 0. The first-order valence-corrected chi connectivity index (χ1v) is 16.7. The van der Waals surface area contributed by atoms with Gasteiger partial charge in [0.25, 0.3) is 11.8 Å². The zero-order valence-electron chi connectivity index (χ0n) is 26.3. The molecule has 0 aliphatic carbocycles. The molecular formula is C36H29Cl3F2N4O2S. The first-order chi connectivity index (χ1) is 22.9. The van der Waals surface area contributed by atoms with Crippen molar-refractivity contribution in [1.82, 2.24) is 19.6 Å². The maximum Gasteiger partial charge on any atom is 0.288 e. The molecule has 3 heterocycles. The van der Waals surface area contributed by atoms with Crippen molar-refractivity contribution >= 4 is 58.0 Å². The van der Waals surface area contributed by atoms with Crippen LogP contribution in [0, 0.1) is 39.3 Å². The van der Waals surface area contributed by atoms with Crippen LogP contribution in [0.4, 0.5) is 8.78 Å². The normalized spacial score (nSPS) is 10.9. The first kappa shape index (κ1) is 35.2. The van der Waals surface area contributed by atoms with Crippen LogP contribution in [0.5, 0.6) is 0 Å². The van der Waals surface area contributed by atoms with E-state index in [0.717, 1.165) is 11.1 Å². The third-order valence-electron chi connectivity index (χ3n) is 7.92. The Hall–Kier alpha value is -4.15. The van der Waals surface area contributed by atoms with Gasteiger partial charge in [0.05, 0.1) is 16.3 Å². The molecule has 0 aliphatic rings. The summed E-state index contributed by atoms with van der Waals surface area (Å²) in [4.78, 5) is 25.8. The van der Waals surface area contributed by atoms with Crippen LogP contribution in [-0.2, 0) is 12.8 Å². The van der Waals surface area contributed by atoms with Gasteiger partial charge in [0.15, 0.2) is 0 Å². The molecule has 0 unspecified atom stereocenters. The van der Waals surface area contributed by atoms with Crippen LogP contribution < -0.4 is 0 Å². The summed E-state index contributed by atoms with van der Waals surface area (Å²) in [5, 5.41) is 11.8. The van der Waals surface area contributed by atoms with Gasteiger partial charge in [0.1, 0.15) is 11.6 Å². The van der Waals surface area contributed by atoms with Gasteiger partial charge in [0, 0.05) is 67.1 Å². The number of halogens is 5. The standard InChI is InChI=1S/C19H15Cl2FN2O.C17H14ClFN2OS/c1-11-15(10-16-17(21)4-3-5-18(16)22)12(2)24(23-11)19(25)13-6-8-14(20)9-7-13;1-10-12(9-13-14(18)5-3-6-15(13)19)11(2)21(20-10)17(22)16-7-4-8-23-16/h3-9H,10H2,1-2H3;3-8H,9H2,1-2H3. The highest BCUT2D eigenvalue weighted by Crippen LogP contribution is 2.27. The van der Waals surface area contributed by atoms with Crippen LogP contribution in [0.25, 0.3) is 0 Å². The third-order valence-corrected chi connectivity index (χ3v) is 9.74. The molecule has 0 saturated carbocycles. The molecule has 0 saturated heterocycles. The Balaban J connectivity index is 0.000000188. The lowest BCUT2D eigenvalue weighted by Gasteiger charge is -2.07. The molecule has 6 nitrogen and oxygen atoms in total. The van der Waals surface area contributed by atoms with Gasteiger partial charge in [-0.2, -0.15) is 14.9 Å². The van der Waals surface area contributed by atoms with E-state index in [0.29, 0.717) is 65.8 Å². The predicted octanol–water partition coefficient (Wildman–Crippen LogP) is 9.86. The zero-order chi connectivity index (χ0) is 34.7. The summed E-state index contributed by atoms with van der Waals surface area (Å²) in [5.74, 6) is -1.16. The van der Waals surface area contributed by atoms with E-state index in [9.17, 15) is 18.4 Å². The molecule has 0 atom stereocenters. The molecule has 3 aromatic carbocycles. The van der Waals surface area contributed by atoms with E-state index in [-0.39, 0.29) is 29.9 Å². The predicted molar refractivity (Wildman–Crippen MR) is 187 cm³/mol. The number of carbonyl (C=O) groups is 2. The molecule has 12 heteroatoms. The minimum atomic E-state index is -0.372. The number of aryl methyl sites for hydroxylation is 2. The Bertz CT molecular complexity index is 2080. The third kappa shape index (κ3) is 7.45. The molecule has 6 aromatic rings. The number of benzene rings is 3. The molecule has 0 amide bonds. The Kier molecular flexibility index (Phi) is 11.0. The van der Waals surface area contributed by atoms with E-state index in [2.05, 4.69) is 10.2 Å². The number of carbonyl (C=O) groups excluding carboxylic acids is 2. The smallest absolute Gasteiger partial charge is 0.267 e. The van der Waals surface area contributed by atoms with Gasteiger partial charge in [0.2, 0.25) is 0 Å². The summed E-state index contributed by atoms with van der Waals surface area (Å²) in [5.41, 5.74) is 5.64. The number of rotatable bonds is 6. The van der Waals surface area contributed by atoms with Crippen LogP contribution in [-0.4, -0.2) is 31.4 Å². The molecule has 0 bridgehead atoms. The summed E-state index contributed by atoms with van der Waals surface area (Å²) in [6.07, 6.45) is 0.581. The van der Waals surface area contributed by atoms with Gasteiger partial charge in [-0.25, -0.2) is 13.5 Å². The number of hydrogen-bond acceptors (Lipinski definition) is 5. The maximum atomic E-state index is 14.1. The molecule has 246 valence electrons. The van der Waals surface area contributed by atoms with E-state index in [4.69, 9.17) is 34.8 Å². The highest BCUT2D eigenvalue weighted by atomic mass is 35.5. The molecule has 0 N–H and O–H groups in total. The van der Waals surface area contributed by atoms with Crippen LogP contribution in [0.1, 0.15) is 65.1 Å². The van der Waals surface area contributed by atoms with Crippen molar-refractivity contribution in [3.05, 3.63) is 160 Å². The van der Waals surface area contributed by atoms with Gasteiger partial charge < -0.3 is 0 Å². The average molecular weight is 726 g/mol. The van der Waals surface area contributed by atoms with E-state index < -0.39 is 0 Å². The molecular weight excluding hydrogens is 697 g/mol. The Labute approximate surface area is 295 Å². The lowest BCUT2D eigenvalue weighted by atomic mass is 10.0. The van der Waals surface area contributed by atoms with Gasteiger partial charge >= 0.3 is 0 Å². The SMILES string of the molecule is Cc1nn(C(=O)c2ccc(Cl)cc2)c(C)c1Cc1c(F)cccc1Cl.Cc1nn(C(=O)c2cccs2)c(C)c1Cc1c(F)cccc1Cl. The number of hydrogen-bond donors (Lipinski definition) is 0. The zero-order valence-corrected chi connectivity index (χ0v) is 29.4. The monoisotopic (exact) mass is 724 g/mol. The van der Waals surface area contributed by atoms with E-state index in [1.54, 1.807) is 68.4 Å². The van der Waals surface area contributed by atoms with Crippen LogP contribution >= 0.6 is 46.1 Å². The van der Waals surface area contributed by atoms with Gasteiger partial charge in [-0.05, 0) is 87.7 Å². The maximum absolute atomic E-state index is 14.1. The number of nitrogens with zero attached hydrogens (tertiary/aromatic N) is 4. The van der Waals surface area contributed by atoms with Gasteiger partial charge in [-0.3, -0.25) is 9.59 Å². The minimum Gasteiger partial charge on any atom is -0.267 e. The second-order valence-electron chi connectivity index (χ2n) is 11.0. The average Bonchev–Trinajstić information content (AvgIpc) is 3.76. The number of thiophene rings is 1. The highest BCUT2D eigenvalue weighted by Gasteiger charge is 2.22. The summed E-state index contributed by atoms with van der Waals surface area (Å²) in [6.45, 7) is 7.21. The summed E-state index contributed by atoms with van der Waals surface area (Å²) < 4.78 is 30.8. The van der Waals surface area contributed by atoms with Gasteiger partial charge in [-0.1, -0.05) is 53.0 Å². The van der Waals surface area contributed by atoms with Crippen LogP contribution in [0.3, 0.4) is 0 Å². The fourth-order valence-corrected chi connectivity index (χ4v) is 6.47. The van der Waals surface area contributed by atoms with E-state index in [1.807, 2.05) is 25.3 Å². The second-order valence-corrected chi connectivity index (χ2v) is 13.2. The van der Waals surface area contributed by atoms with Crippen molar-refractivity contribution in [3.63, 3.8) is 0 Å². The molecule has 6 rings (SSSR count). The lowest BCUT2D eigenvalue weighted by molar-refractivity contribution is 0.0936. The van der Waals surface area contributed by atoms with Crippen molar-refractivity contribution in [2.24, 2.45) is 0 Å². The molecule has 0 radical (unpaired) electrons. The molecule has 48 heavy (non-hydrogen) atoms. The highest BCUT2D eigenvalue weighted by molar-refractivity contribution is 7.12. The quantitative estimate of drug-likeness (QED) is 0.172.